The van der Waals surface area contributed by atoms with E-state index >= 15 is 0 Å². The number of aliphatic carboxylic acids is 1. The minimum Gasteiger partial charge on any atom is -0.481 e. The largest absolute Gasteiger partial charge is 0.481 e. The Morgan fingerprint density at radius 3 is 2.57 bits per heavy atom. The molecule has 2 aromatic carbocycles. The Hall–Kier alpha value is -4.81. The van der Waals surface area contributed by atoms with Gasteiger partial charge in [0, 0.05) is 12.1 Å². The first-order valence-corrected chi connectivity index (χ1v) is 10.3. The molecule has 1 fully saturated rings. The Bertz CT molecular complexity index is 1210. The second-order valence-corrected chi connectivity index (χ2v) is 7.92. The quantitative estimate of drug-likeness (QED) is 0.133. The fourth-order valence-electron chi connectivity index (χ4n) is 3.69. The van der Waals surface area contributed by atoms with Crippen molar-refractivity contribution in [2.75, 3.05) is 6.54 Å². The predicted octanol–water partition coefficient (Wildman–Crippen LogP) is 0.987. The van der Waals surface area contributed by atoms with Crippen molar-refractivity contribution in [3.8, 4) is 0 Å². The molecule has 2 aromatic rings. The van der Waals surface area contributed by atoms with Gasteiger partial charge in [0.25, 0.3) is 11.6 Å². The summed E-state index contributed by atoms with van der Waals surface area (Å²) in [5.41, 5.74) is -0.374. The van der Waals surface area contributed by atoms with Crippen molar-refractivity contribution in [2.45, 2.75) is 24.9 Å². The number of hydrazone groups is 1. The molecule has 0 bridgehead atoms. The lowest BCUT2D eigenvalue weighted by Crippen LogP contribution is -2.44. The van der Waals surface area contributed by atoms with Crippen LogP contribution in [0.25, 0.3) is 0 Å². The molecule has 0 spiro atoms. The Kier molecular flexibility index (Phi) is 7.08. The topological polar surface area (TPSA) is 197 Å². The summed E-state index contributed by atoms with van der Waals surface area (Å²) in [5.74, 6) is 2.37. The maximum Gasteiger partial charge on any atom is 0.325 e. The van der Waals surface area contributed by atoms with E-state index in [4.69, 9.17) is 5.84 Å². The molecule has 13 heteroatoms. The van der Waals surface area contributed by atoms with Crippen LogP contribution in [0.4, 0.5) is 10.5 Å². The van der Waals surface area contributed by atoms with Gasteiger partial charge in [-0.25, -0.2) is 4.79 Å². The zero-order valence-electron chi connectivity index (χ0n) is 18.5. The van der Waals surface area contributed by atoms with Crippen molar-refractivity contribution < 1.29 is 29.2 Å². The summed E-state index contributed by atoms with van der Waals surface area (Å²) >= 11 is 0. The van der Waals surface area contributed by atoms with Crippen molar-refractivity contribution in [3.05, 3.63) is 75.3 Å². The SMILES string of the molecule is CC1(c2ccc(C=NN)cc2)NC(=O)N(CC(=O)NC(CC(=O)O)c2cccc([N+](=O)[O-])c2)C1=O. The lowest BCUT2D eigenvalue weighted by Gasteiger charge is -2.23. The predicted molar refractivity (Wildman–Crippen MR) is 122 cm³/mol. The second-order valence-electron chi connectivity index (χ2n) is 7.92. The van der Waals surface area contributed by atoms with E-state index in [-0.39, 0.29) is 11.3 Å². The minimum absolute atomic E-state index is 0.193. The first-order chi connectivity index (χ1) is 16.5. The van der Waals surface area contributed by atoms with Crippen molar-refractivity contribution in [1.29, 1.82) is 0 Å². The Balaban J connectivity index is 1.77. The number of carbonyl (C=O) groups is 4. The maximum atomic E-state index is 13.1. The van der Waals surface area contributed by atoms with E-state index in [1.807, 2.05) is 0 Å². The maximum absolute atomic E-state index is 13.1. The van der Waals surface area contributed by atoms with Crippen molar-refractivity contribution in [2.24, 2.45) is 10.9 Å². The van der Waals surface area contributed by atoms with Gasteiger partial charge in [-0.3, -0.25) is 29.4 Å². The number of imide groups is 1. The summed E-state index contributed by atoms with van der Waals surface area (Å²) in [5, 5.41) is 28.7. The van der Waals surface area contributed by atoms with Crippen molar-refractivity contribution >= 4 is 35.7 Å². The van der Waals surface area contributed by atoms with Crippen LogP contribution in [0.1, 0.15) is 36.1 Å². The molecular weight excluding hydrogens is 460 g/mol. The lowest BCUT2D eigenvalue weighted by atomic mass is 9.91. The van der Waals surface area contributed by atoms with Gasteiger partial charge in [0.2, 0.25) is 5.91 Å². The van der Waals surface area contributed by atoms with E-state index in [1.54, 1.807) is 24.3 Å². The zero-order chi connectivity index (χ0) is 25.8. The molecule has 5 N–H and O–H groups in total. The average Bonchev–Trinajstić information content (AvgIpc) is 3.03. The van der Waals surface area contributed by atoms with Crippen LogP contribution in [-0.2, 0) is 19.9 Å². The summed E-state index contributed by atoms with van der Waals surface area (Å²) in [6.45, 7) is 0.816. The van der Waals surface area contributed by atoms with E-state index in [0.29, 0.717) is 11.1 Å². The summed E-state index contributed by atoms with van der Waals surface area (Å²) in [6.07, 6.45) is 0.843. The molecule has 1 aliphatic rings. The number of carbonyl (C=O) groups excluding carboxylic acids is 3. The number of amides is 4. The van der Waals surface area contributed by atoms with Gasteiger partial charge in [0.05, 0.1) is 23.6 Å². The summed E-state index contributed by atoms with van der Waals surface area (Å²) in [6, 6.07) is 9.79. The fraction of sp³-hybridized carbons (Fsp3) is 0.227. The number of rotatable bonds is 9. The third kappa shape index (κ3) is 5.40. The van der Waals surface area contributed by atoms with Gasteiger partial charge >= 0.3 is 12.0 Å². The molecule has 0 radical (unpaired) electrons. The smallest absolute Gasteiger partial charge is 0.325 e. The zero-order valence-corrected chi connectivity index (χ0v) is 18.5. The molecule has 13 nitrogen and oxygen atoms in total. The number of hydrogen-bond donors (Lipinski definition) is 4. The summed E-state index contributed by atoms with van der Waals surface area (Å²) < 4.78 is 0. The van der Waals surface area contributed by atoms with Gasteiger partial charge in [0.1, 0.15) is 12.1 Å². The van der Waals surface area contributed by atoms with Crippen LogP contribution in [0, 0.1) is 10.1 Å². The van der Waals surface area contributed by atoms with Crippen LogP contribution >= 0.6 is 0 Å². The summed E-state index contributed by atoms with van der Waals surface area (Å²) in [4.78, 5) is 60.8. The first kappa shape index (κ1) is 24.8. The third-order valence-corrected chi connectivity index (χ3v) is 5.49. The highest BCUT2D eigenvalue weighted by Gasteiger charge is 2.49. The molecule has 2 atom stereocenters. The van der Waals surface area contributed by atoms with E-state index in [0.717, 1.165) is 11.0 Å². The number of benzene rings is 2. The number of nitrogens with two attached hydrogens (primary N) is 1. The van der Waals surface area contributed by atoms with E-state index in [2.05, 4.69) is 15.7 Å². The highest BCUT2D eigenvalue weighted by atomic mass is 16.6. The number of carboxylic acid groups (broad SMARTS) is 1. The lowest BCUT2D eigenvalue weighted by molar-refractivity contribution is -0.384. The highest BCUT2D eigenvalue weighted by molar-refractivity contribution is 6.09. The van der Waals surface area contributed by atoms with Crippen LogP contribution in [-0.4, -0.2) is 51.5 Å². The highest BCUT2D eigenvalue weighted by Crippen LogP contribution is 2.29. The molecule has 182 valence electrons. The number of urea groups is 1. The Morgan fingerprint density at radius 1 is 1.29 bits per heavy atom. The Morgan fingerprint density at radius 2 is 1.97 bits per heavy atom. The van der Waals surface area contributed by atoms with Gasteiger partial charge < -0.3 is 21.6 Å². The number of non-ortho nitro benzene ring substituents is 1. The second kappa shape index (κ2) is 9.99. The molecule has 0 saturated carbocycles. The van der Waals surface area contributed by atoms with Crippen LogP contribution < -0.4 is 16.5 Å². The number of carboxylic acids is 1. The third-order valence-electron chi connectivity index (χ3n) is 5.49. The summed E-state index contributed by atoms with van der Waals surface area (Å²) in [7, 11) is 0. The fourth-order valence-corrected chi connectivity index (χ4v) is 3.69. The van der Waals surface area contributed by atoms with Crippen LogP contribution in [0.2, 0.25) is 0 Å². The molecule has 0 aliphatic carbocycles. The molecule has 4 amide bonds. The minimum atomic E-state index is -1.43. The number of nitro benzene ring substituents is 1. The van der Waals surface area contributed by atoms with Gasteiger partial charge in [-0.15, -0.1) is 0 Å². The molecule has 2 unspecified atom stereocenters. The molecular formula is C22H22N6O7. The number of hydrogen-bond acceptors (Lipinski definition) is 8. The standard InChI is InChI=1S/C22H22N6O7/c1-22(15-7-5-13(6-8-15)11-24-23)20(32)27(21(33)26-22)12-18(29)25-17(10-19(30)31)14-3-2-4-16(9-14)28(34)35/h2-9,11,17H,10,12,23H2,1H3,(H,25,29)(H,26,33)(H,30,31). The normalized spacial score (nSPS) is 18.4. The monoisotopic (exact) mass is 482 g/mol. The Labute approximate surface area is 198 Å². The molecule has 1 heterocycles. The molecule has 3 rings (SSSR count). The van der Waals surface area contributed by atoms with Gasteiger partial charge in [-0.1, -0.05) is 36.4 Å². The molecule has 35 heavy (non-hydrogen) atoms. The molecule has 0 aromatic heterocycles. The number of nitrogens with zero attached hydrogens (tertiary/aromatic N) is 3. The van der Waals surface area contributed by atoms with Gasteiger partial charge in [-0.05, 0) is 23.6 Å². The molecule has 1 aliphatic heterocycles. The van der Waals surface area contributed by atoms with E-state index in [9.17, 15) is 34.4 Å². The molecule has 1 saturated heterocycles. The van der Waals surface area contributed by atoms with Crippen molar-refractivity contribution in [3.63, 3.8) is 0 Å². The van der Waals surface area contributed by atoms with Crippen LogP contribution in [0.5, 0.6) is 0 Å². The van der Waals surface area contributed by atoms with Gasteiger partial charge in [0.15, 0.2) is 0 Å². The van der Waals surface area contributed by atoms with Crippen molar-refractivity contribution in [1.82, 2.24) is 15.5 Å². The number of nitro groups is 1. The van der Waals surface area contributed by atoms with E-state index in [1.165, 1.54) is 31.3 Å². The van der Waals surface area contributed by atoms with Gasteiger partial charge in [-0.2, -0.15) is 5.10 Å². The van der Waals surface area contributed by atoms with Crippen LogP contribution in [0.15, 0.2) is 53.6 Å². The first-order valence-electron chi connectivity index (χ1n) is 10.3. The number of nitrogens with one attached hydrogen (secondary N) is 2. The van der Waals surface area contributed by atoms with Crippen LogP contribution in [0.3, 0.4) is 0 Å². The average molecular weight is 482 g/mol. The van der Waals surface area contributed by atoms with E-state index < -0.39 is 53.3 Å².